The number of hydrogen-bond donors (Lipinski definition) is 2. The van der Waals surface area contributed by atoms with Gasteiger partial charge >= 0.3 is 0 Å². The minimum absolute atomic E-state index is 0.846. The Morgan fingerprint density at radius 1 is 1.18 bits per heavy atom. The fourth-order valence-corrected chi connectivity index (χ4v) is 1.92. The van der Waals surface area contributed by atoms with E-state index in [1.807, 2.05) is 6.21 Å². The first kappa shape index (κ1) is 12.0. The van der Waals surface area contributed by atoms with Crippen molar-refractivity contribution in [2.75, 3.05) is 26.2 Å². The molecule has 0 saturated heterocycles. The summed E-state index contributed by atoms with van der Waals surface area (Å²) in [4.78, 5) is 9.02. The molecule has 0 aliphatic carbocycles. The lowest BCUT2D eigenvalue weighted by Gasteiger charge is -2.15. The van der Waals surface area contributed by atoms with Crippen molar-refractivity contribution in [2.45, 2.75) is 20.3 Å². The number of allylic oxidation sites excluding steroid dienone is 3. The lowest BCUT2D eigenvalue weighted by atomic mass is 10.0. The highest BCUT2D eigenvalue weighted by Gasteiger charge is 2.09. The van der Waals surface area contributed by atoms with Gasteiger partial charge in [-0.2, -0.15) is 0 Å². The second kappa shape index (κ2) is 5.77. The zero-order valence-electron chi connectivity index (χ0n) is 10.6. The zero-order chi connectivity index (χ0) is 12.1. The summed E-state index contributed by atoms with van der Waals surface area (Å²) < 4.78 is 0. The molecular weight excluding hydrogens is 212 g/mol. The van der Waals surface area contributed by atoms with Crippen LogP contribution in [0, 0.1) is 0 Å². The van der Waals surface area contributed by atoms with Crippen molar-refractivity contribution in [3.8, 4) is 0 Å². The van der Waals surface area contributed by atoms with Gasteiger partial charge in [0.1, 0.15) is 0 Å². The summed E-state index contributed by atoms with van der Waals surface area (Å²) in [5, 5.41) is 6.75. The van der Waals surface area contributed by atoms with Gasteiger partial charge in [0.25, 0.3) is 0 Å². The second-order valence-electron chi connectivity index (χ2n) is 4.34. The fourth-order valence-electron chi connectivity index (χ4n) is 1.92. The quantitative estimate of drug-likeness (QED) is 0.661. The molecule has 4 nitrogen and oxygen atoms in total. The van der Waals surface area contributed by atoms with Crippen molar-refractivity contribution in [1.29, 1.82) is 0 Å². The Morgan fingerprint density at radius 2 is 2.06 bits per heavy atom. The first-order chi connectivity index (χ1) is 8.27. The summed E-state index contributed by atoms with van der Waals surface area (Å²) in [5.41, 5.74) is 4.57. The van der Waals surface area contributed by atoms with Gasteiger partial charge in [0.05, 0.1) is 12.2 Å². The maximum atomic E-state index is 4.58. The van der Waals surface area contributed by atoms with Gasteiger partial charge in [-0.25, -0.2) is 0 Å². The molecule has 2 heterocycles. The summed E-state index contributed by atoms with van der Waals surface area (Å²) in [5.74, 6) is 0. The molecule has 17 heavy (non-hydrogen) atoms. The molecule has 0 spiro atoms. The van der Waals surface area contributed by atoms with Crippen LogP contribution in [0.3, 0.4) is 0 Å². The average molecular weight is 232 g/mol. The van der Waals surface area contributed by atoms with Gasteiger partial charge in [-0.3, -0.25) is 9.98 Å². The molecule has 2 bridgehead atoms. The summed E-state index contributed by atoms with van der Waals surface area (Å²) in [6, 6.07) is 0. The van der Waals surface area contributed by atoms with Crippen molar-refractivity contribution < 1.29 is 0 Å². The minimum Gasteiger partial charge on any atom is -0.386 e. The standard InChI is InChI=1S/C13H20N4/c1-10-12-3-4-17-13(9-12)11(2)16-8-6-14-5-7-15-10/h4,9,14,16H,3,5-8H2,1-2H3/b13-11+,15-10?. The Balaban J connectivity index is 2.27. The number of fused-ring (bicyclic) bond motifs is 1. The van der Waals surface area contributed by atoms with E-state index >= 15 is 0 Å². The number of dihydropyridines is 1. The molecule has 2 aliphatic rings. The van der Waals surface area contributed by atoms with E-state index in [-0.39, 0.29) is 0 Å². The maximum Gasteiger partial charge on any atom is 0.0815 e. The third-order valence-electron chi connectivity index (χ3n) is 3.03. The van der Waals surface area contributed by atoms with Crippen molar-refractivity contribution in [1.82, 2.24) is 10.6 Å². The third-order valence-corrected chi connectivity index (χ3v) is 3.03. The first-order valence-electron chi connectivity index (χ1n) is 6.17. The maximum absolute atomic E-state index is 4.58. The zero-order valence-corrected chi connectivity index (χ0v) is 10.6. The van der Waals surface area contributed by atoms with Crippen LogP contribution in [0.4, 0.5) is 0 Å². The fraction of sp³-hybridized carbons (Fsp3) is 0.538. The smallest absolute Gasteiger partial charge is 0.0815 e. The van der Waals surface area contributed by atoms with Gasteiger partial charge in [-0.05, 0) is 25.5 Å². The van der Waals surface area contributed by atoms with E-state index in [1.54, 1.807) is 0 Å². The molecule has 2 aliphatic heterocycles. The van der Waals surface area contributed by atoms with Crippen molar-refractivity contribution in [3.63, 3.8) is 0 Å². The van der Waals surface area contributed by atoms with Gasteiger partial charge in [0.15, 0.2) is 0 Å². The van der Waals surface area contributed by atoms with Crippen LogP contribution in [-0.4, -0.2) is 38.1 Å². The Bertz CT molecular complexity index is 402. The van der Waals surface area contributed by atoms with E-state index < -0.39 is 0 Å². The molecule has 0 amide bonds. The molecular formula is C13H20N4. The first-order valence-corrected chi connectivity index (χ1v) is 6.17. The molecule has 0 fully saturated rings. The summed E-state index contributed by atoms with van der Waals surface area (Å²) in [6.07, 6.45) is 5.01. The van der Waals surface area contributed by atoms with Gasteiger partial charge in [0, 0.05) is 43.7 Å². The summed E-state index contributed by atoms with van der Waals surface area (Å²) in [6.45, 7) is 7.83. The molecule has 92 valence electrons. The van der Waals surface area contributed by atoms with Gasteiger partial charge in [0.2, 0.25) is 0 Å². The minimum atomic E-state index is 0.846. The van der Waals surface area contributed by atoms with E-state index in [4.69, 9.17) is 0 Å². The van der Waals surface area contributed by atoms with E-state index in [2.05, 4.69) is 40.5 Å². The van der Waals surface area contributed by atoms with Crippen LogP contribution in [0.15, 0.2) is 33.0 Å². The molecule has 2 rings (SSSR count). The molecule has 0 aromatic carbocycles. The number of rotatable bonds is 0. The molecule has 0 aromatic rings. The van der Waals surface area contributed by atoms with Crippen LogP contribution in [0.1, 0.15) is 20.3 Å². The monoisotopic (exact) mass is 232 g/mol. The van der Waals surface area contributed by atoms with Crippen LogP contribution in [0.25, 0.3) is 0 Å². The Labute approximate surface area is 103 Å². The highest BCUT2D eigenvalue weighted by Crippen LogP contribution is 2.16. The highest BCUT2D eigenvalue weighted by atomic mass is 15.0. The Kier molecular flexibility index (Phi) is 4.09. The Morgan fingerprint density at radius 3 is 2.94 bits per heavy atom. The number of hydrogen-bond acceptors (Lipinski definition) is 4. The van der Waals surface area contributed by atoms with Gasteiger partial charge in [-0.1, -0.05) is 0 Å². The molecule has 0 unspecified atom stereocenters. The number of nitrogens with one attached hydrogen (secondary N) is 2. The number of aliphatic imine (C=N–C) groups is 2. The van der Waals surface area contributed by atoms with Crippen molar-refractivity contribution in [2.24, 2.45) is 9.98 Å². The number of nitrogens with zero attached hydrogens (tertiary/aromatic N) is 2. The van der Waals surface area contributed by atoms with Gasteiger partial charge < -0.3 is 10.6 Å². The van der Waals surface area contributed by atoms with Crippen LogP contribution in [-0.2, 0) is 0 Å². The third kappa shape index (κ3) is 3.27. The predicted molar refractivity (Wildman–Crippen MR) is 72.7 cm³/mol. The van der Waals surface area contributed by atoms with E-state index in [0.29, 0.717) is 0 Å². The highest BCUT2D eigenvalue weighted by molar-refractivity contribution is 6.01. The van der Waals surface area contributed by atoms with E-state index in [0.717, 1.165) is 49.7 Å². The lowest BCUT2D eigenvalue weighted by Crippen LogP contribution is -2.29. The molecule has 0 atom stereocenters. The van der Waals surface area contributed by atoms with Crippen molar-refractivity contribution >= 4 is 11.9 Å². The molecule has 0 radical (unpaired) electrons. The normalized spacial score (nSPS) is 26.2. The molecule has 2 N–H and O–H groups in total. The lowest BCUT2D eigenvalue weighted by molar-refractivity contribution is 0.652. The van der Waals surface area contributed by atoms with Crippen molar-refractivity contribution in [3.05, 3.63) is 23.0 Å². The molecule has 0 aromatic heterocycles. The second-order valence-corrected chi connectivity index (χ2v) is 4.34. The predicted octanol–water partition coefficient (Wildman–Crippen LogP) is 1.27. The SMILES string of the molecule is CC1=NCCNCCN/C(C)=C2\C=C1CC=N2. The van der Waals surface area contributed by atoms with Crippen LogP contribution in [0.5, 0.6) is 0 Å². The van der Waals surface area contributed by atoms with E-state index in [9.17, 15) is 0 Å². The van der Waals surface area contributed by atoms with Gasteiger partial charge in [-0.15, -0.1) is 0 Å². The molecule has 0 saturated carbocycles. The Hall–Kier alpha value is -1.42. The summed E-state index contributed by atoms with van der Waals surface area (Å²) in [7, 11) is 0. The van der Waals surface area contributed by atoms with E-state index in [1.165, 1.54) is 5.57 Å². The van der Waals surface area contributed by atoms with Crippen LogP contribution in [0.2, 0.25) is 0 Å². The van der Waals surface area contributed by atoms with Crippen LogP contribution >= 0.6 is 0 Å². The van der Waals surface area contributed by atoms with Crippen LogP contribution < -0.4 is 10.6 Å². The summed E-state index contributed by atoms with van der Waals surface area (Å²) >= 11 is 0. The molecule has 4 heteroatoms. The average Bonchev–Trinajstić information content (AvgIpc) is 2.36. The largest absolute Gasteiger partial charge is 0.386 e. The topological polar surface area (TPSA) is 48.8 Å².